The normalized spacial score (nSPS) is 11.4. The van der Waals surface area contributed by atoms with Crippen molar-refractivity contribution in [3.05, 3.63) is 113 Å². The number of nitrogens with two attached hydrogens (primary N) is 1. The van der Waals surface area contributed by atoms with Crippen LogP contribution in [0.2, 0.25) is 0 Å². The fraction of sp³-hybridized carbons (Fsp3) is 0.143. The topological polar surface area (TPSA) is 105 Å². The van der Waals surface area contributed by atoms with Crippen molar-refractivity contribution >= 4 is 11.7 Å². The standard InChI is InChI=1S/C28H24FN5O/c29-21-8-5-6-19(16-21)13-15-33-28-23(24(17-27(31)35)25-10-3-4-14-32-25)11-12-26(34-28)22-9-2-1-7-20(22)18-30/h1-12,14,16,24H,13,15,17H2,(H2,31,35)(H,33,34). The first kappa shape index (κ1) is 23.6. The van der Waals surface area contributed by atoms with Crippen molar-refractivity contribution in [2.45, 2.75) is 18.8 Å². The summed E-state index contributed by atoms with van der Waals surface area (Å²) < 4.78 is 13.6. The second kappa shape index (κ2) is 11.0. The Morgan fingerprint density at radius 2 is 1.89 bits per heavy atom. The van der Waals surface area contributed by atoms with Crippen molar-refractivity contribution in [3.8, 4) is 17.3 Å². The average molecular weight is 466 g/mol. The first-order valence-electron chi connectivity index (χ1n) is 11.2. The molecule has 0 aliphatic heterocycles. The molecule has 1 atom stereocenters. The Morgan fingerprint density at radius 3 is 2.63 bits per heavy atom. The number of benzene rings is 2. The van der Waals surface area contributed by atoms with Gasteiger partial charge in [-0.2, -0.15) is 5.26 Å². The number of hydrogen-bond donors (Lipinski definition) is 2. The van der Waals surface area contributed by atoms with E-state index in [1.165, 1.54) is 12.1 Å². The number of aromatic nitrogens is 2. The van der Waals surface area contributed by atoms with Crippen molar-refractivity contribution in [3.63, 3.8) is 0 Å². The minimum absolute atomic E-state index is 0.0609. The quantitative estimate of drug-likeness (QED) is 0.369. The number of hydrogen-bond acceptors (Lipinski definition) is 5. The summed E-state index contributed by atoms with van der Waals surface area (Å²) in [5.41, 5.74) is 9.74. The Bertz CT molecular complexity index is 1370. The molecular formula is C28H24FN5O. The van der Waals surface area contributed by atoms with Gasteiger partial charge in [0.2, 0.25) is 5.91 Å². The third-order valence-electron chi connectivity index (χ3n) is 5.67. The third-order valence-corrected chi connectivity index (χ3v) is 5.67. The molecule has 2 aromatic carbocycles. The Labute approximate surface area is 203 Å². The molecule has 0 aliphatic rings. The van der Waals surface area contributed by atoms with Gasteiger partial charge in [0.15, 0.2) is 0 Å². The number of pyridine rings is 2. The van der Waals surface area contributed by atoms with E-state index >= 15 is 0 Å². The molecule has 0 saturated heterocycles. The van der Waals surface area contributed by atoms with Crippen molar-refractivity contribution in [2.75, 3.05) is 11.9 Å². The summed E-state index contributed by atoms with van der Waals surface area (Å²) >= 11 is 0. The molecule has 35 heavy (non-hydrogen) atoms. The highest BCUT2D eigenvalue weighted by Gasteiger charge is 2.23. The molecule has 4 aromatic rings. The Balaban J connectivity index is 1.74. The minimum atomic E-state index is -0.453. The zero-order valence-electron chi connectivity index (χ0n) is 19.0. The summed E-state index contributed by atoms with van der Waals surface area (Å²) in [5.74, 6) is -0.583. The van der Waals surface area contributed by atoms with Crippen LogP contribution in [0, 0.1) is 17.1 Å². The van der Waals surface area contributed by atoms with E-state index in [4.69, 9.17) is 10.7 Å². The van der Waals surface area contributed by atoms with Crippen LogP contribution in [0.3, 0.4) is 0 Å². The third kappa shape index (κ3) is 5.87. The molecule has 7 heteroatoms. The summed E-state index contributed by atoms with van der Waals surface area (Å²) in [7, 11) is 0. The SMILES string of the molecule is N#Cc1ccccc1-c1ccc(C(CC(N)=O)c2ccccn2)c(NCCc2cccc(F)c2)n1. The Kier molecular flexibility index (Phi) is 7.44. The lowest BCUT2D eigenvalue weighted by Gasteiger charge is -2.20. The van der Waals surface area contributed by atoms with Gasteiger partial charge in [-0.15, -0.1) is 0 Å². The van der Waals surface area contributed by atoms with Crippen LogP contribution in [-0.2, 0) is 11.2 Å². The number of carbonyl (C=O) groups is 1. The summed E-state index contributed by atoms with van der Waals surface area (Å²) in [6, 6.07) is 25.1. The lowest BCUT2D eigenvalue weighted by Crippen LogP contribution is -2.19. The first-order valence-corrected chi connectivity index (χ1v) is 11.2. The first-order chi connectivity index (χ1) is 17.0. The van der Waals surface area contributed by atoms with Crippen LogP contribution in [0.5, 0.6) is 0 Å². The second-order valence-electron chi connectivity index (χ2n) is 8.08. The lowest BCUT2D eigenvalue weighted by atomic mass is 9.91. The van der Waals surface area contributed by atoms with Crippen LogP contribution in [0.1, 0.15) is 34.7 Å². The highest BCUT2D eigenvalue weighted by Crippen LogP contribution is 2.33. The summed E-state index contributed by atoms with van der Waals surface area (Å²) in [4.78, 5) is 21.2. The van der Waals surface area contributed by atoms with Crippen LogP contribution in [0.15, 0.2) is 85.1 Å². The molecule has 1 unspecified atom stereocenters. The molecule has 3 N–H and O–H groups in total. The van der Waals surface area contributed by atoms with Gasteiger partial charge in [-0.25, -0.2) is 9.37 Å². The minimum Gasteiger partial charge on any atom is -0.370 e. The van der Waals surface area contributed by atoms with Gasteiger partial charge in [0.05, 0.1) is 17.3 Å². The van der Waals surface area contributed by atoms with E-state index in [0.717, 1.165) is 11.1 Å². The largest absolute Gasteiger partial charge is 0.370 e. The number of nitrogens with zero attached hydrogens (tertiary/aromatic N) is 3. The molecule has 4 rings (SSSR count). The molecule has 174 valence electrons. The van der Waals surface area contributed by atoms with Gasteiger partial charge >= 0.3 is 0 Å². The number of rotatable bonds is 9. The predicted octanol–water partition coefficient (Wildman–Crippen LogP) is 4.82. The molecule has 0 bridgehead atoms. The van der Waals surface area contributed by atoms with Crippen LogP contribution in [-0.4, -0.2) is 22.4 Å². The maximum absolute atomic E-state index is 13.6. The maximum atomic E-state index is 13.6. The molecule has 6 nitrogen and oxygen atoms in total. The molecule has 2 heterocycles. The number of primary amides is 1. The van der Waals surface area contributed by atoms with Crippen LogP contribution in [0.25, 0.3) is 11.3 Å². The van der Waals surface area contributed by atoms with E-state index in [2.05, 4.69) is 16.4 Å². The Hall–Kier alpha value is -4.57. The predicted molar refractivity (Wildman–Crippen MR) is 133 cm³/mol. The zero-order valence-corrected chi connectivity index (χ0v) is 19.0. The highest BCUT2D eigenvalue weighted by molar-refractivity contribution is 5.76. The van der Waals surface area contributed by atoms with E-state index in [1.807, 2.05) is 48.5 Å². The molecule has 0 aliphatic carbocycles. The van der Waals surface area contributed by atoms with Crippen LogP contribution < -0.4 is 11.1 Å². The summed E-state index contributed by atoms with van der Waals surface area (Å²) in [6.07, 6.45) is 2.30. The van der Waals surface area contributed by atoms with E-state index in [1.54, 1.807) is 24.4 Å². The molecular weight excluding hydrogens is 441 g/mol. The van der Waals surface area contributed by atoms with Gasteiger partial charge in [0, 0.05) is 41.9 Å². The van der Waals surface area contributed by atoms with E-state index in [9.17, 15) is 14.4 Å². The molecule has 2 aromatic heterocycles. The molecule has 0 fully saturated rings. The van der Waals surface area contributed by atoms with Crippen molar-refractivity contribution in [1.29, 1.82) is 5.26 Å². The van der Waals surface area contributed by atoms with Gasteiger partial charge < -0.3 is 11.1 Å². The number of carbonyl (C=O) groups excluding carboxylic acids is 1. The second-order valence-corrected chi connectivity index (χ2v) is 8.08. The maximum Gasteiger partial charge on any atom is 0.218 e. The smallest absolute Gasteiger partial charge is 0.218 e. The molecule has 0 saturated carbocycles. The zero-order chi connectivity index (χ0) is 24.6. The number of amides is 1. The Morgan fingerprint density at radius 1 is 1.06 bits per heavy atom. The molecule has 0 spiro atoms. The number of nitrogens with one attached hydrogen (secondary N) is 1. The van der Waals surface area contributed by atoms with Crippen molar-refractivity contribution < 1.29 is 9.18 Å². The van der Waals surface area contributed by atoms with Gasteiger partial charge in [0.1, 0.15) is 11.6 Å². The molecule has 1 amide bonds. The number of halogens is 1. The fourth-order valence-corrected chi connectivity index (χ4v) is 4.02. The van der Waals surface area contributed by atoms with Gasteiger partial charge in [-0.05, 0) is 48.4 Å². The fourth-order valence-electron chi connectivity index (χ4n) is 4.02. The molecule has 0 radical (unpaired) electrons. The van der Waals surface area contributed by atoms with Crippen LogP contribution in [0.4, 0.5) is 10.2 Å². The van der Waals surface area contributed by atoms with E-state index < -0.39 is 11.8 Å². The van der Waals surface area contributed by atoms with Gasteiger partial charge in [-0.3, -0.25) is 9.78 Å². The monoisotopic (exact) mass is 465 g/mol. The summed E-state index contributed by atoms with van der Waals surface area (Å²) in [6.45, 7) is 0.484. The summed E-state index contributed by atoms with van der Waals surface area (Å²) in [5, 5.41) is 12.9. The van der Waals surface area contributed by atoms with Crippen molar-refractivity contribution in [1.82, 2.24) is 9.97 Å². The average Bonchev–Trinajstić information content (AvgIpc) is 2.88. The van der Waals surface area contributed by atoms with Crippen LogP contribution >= 0.6 is 0 Å². The van der Waals surface area contributed by atoms with E-state index in [0.29, 0.717) is 41.3 Å². The highest BCUT2D eigenvalue weighted by atomic mass is 19.1. The number of anilines is 1. The van der Waals surface area contributed by atoms with Gasteiger partial charge in [-0.1, -0.05) is 42.5 Å². The van der Waals surface area contributed by atoms with Crippen molar-refractivity contribution in [2.24, 2.45) is 5.73 Å². The lowest BCUT2D eigenvalue weighted by molar-refractivity contribution is -0.118. The van der Waals surface area contributed by atoms with Gasteiger partial charge in [0.25, 0.3) is 0 Å². The number of nitriles is 1. The van der Waals surface area contributed by atoms with E-state index in [-0.39, 0.29) is 12.2 Å².